The summed E-state index contributed by atoms with van der Waals surface area (Å²) in [6.45, 7) is 8.34. The van der Waals surface area contributed by atoms with Gasteiger partial charge in [-0.2, -0.15) is 0 Å². The van der Waals surface area contributed by atoms with Gasteiger partial charge in [0.15, 0.2) is 0 Å². The summed E-state index contributed by atoms with van der Waals surface area (Å²) in [7, 11) is 0. The Morgan fingerprint density at radius 3 is 2.79 bits per heavy atom. The van der Waals surface area contributed by atoms with Gasteiger partial charge in [0, 0.05) is 30.9 Å². The van der Waals surface area contributed by atoms with Crippen LogP contribution in [0, 0.1) is 13.8 Å². The highest BCUT2D eigenvalue weighted by Crippen LogP contribution is 2.28. The summed E-state index contributed by atoms with van der Waals surface area (Å²) >= 11 is 0. The first-order chi connectivity index (χ1) is 8.93. The predicted molar refractivity (Wildman–Crippen MR) is 78.3 cm³/mol. The van der Waals surface area contributed by atoms with E-state index < -0.39 is 5.60 Å². The van der Waals surface area contributed by atoms with Gasteiger partial charge in [0.25, 0.3) is 0 Å². The predicted octanol–water partition coefficient (Wildman–Crippen LogP) is 1.90. The highest BCUT2D eigenvalue weighted by atomic mass is 16.3. The molecular formula is C15H25N3O. The molecule has 1 saturated heterocycles. The second kappa shape index (κ2) is 5.47. The van der Waals surface area contributed by atoms with Crippen molar-refractivity contribution >= 4 is 5.82 Å². The largest absolute Gasteiger partial charge is 0.390 e. The van der Waals surface area contributed by atoms with E-state index in [1.807, 2.05) is 13.8 Å². The van der Waals surface area contributed by atoms with Gasteiger partial charge < -0.3 is 15.7 Å². The molecule has 0 aliphatic carbocycles. The Hall–Kier alpha value is -1.13. The molecule has 1 aromatic heterocycles. The number of aromatic nitrogens is 1. The summed E-state index contributed by atoms with van der Waals surface area (Å²) in [5.41, 5.74) is 8.71. The zero-order chi connectivity index (χ0) is 14.0. The molecule has 2 heterocycles. The lowest BCUT2D eigenvalue weighted by Crippen LogP contribution is -2.30. The van der Waals surface area contributed by atoms with Gasteiger partial charge in [0.05, 0.1) is 5.60 Å². The molecule has 0 radical (unpaired) electrons. The van der Waals surface area contributed by atoms with Crippen molar-refractivity contribution in [2.75, 3.05) is 18.0 Å². The lowest BCUT2D eigenvalue weighted by molar-refractivity contribution is 0.0481. The second-order valence-corrected chi connectivity index (χ2v) is 5.92. The quantitative estimate of drug-likeness (QED) is 0.855. The van der Waals surface area contributed by atoms with Crippen LogP contribution < -0.4 is 10.6 Å². The first kappa shape index (κ1) is 14.3. The highest BCUT2D eigenvalue weighted by molar-refractivity contribution is 5.51. The molecule has 19 heavy (non-hydrogen) atoms. The normalized spacial score (nSPS) is 24.4. The fourth-order valence-electron chi connectivity index (χ4n) is 2.83. The molecule has 4 nitrogen and oxygen atoms in total. The van der Waals surface area contributed by atoms with Crippen LogP contribution in [0.3, 0.4) is 0 Å². The molecule has 1 aliphatic heterocycles. The SMILES string of the molecule is Cc1cc(C)c(CN)c(N2CCCC(C)(O)CC2)n1. The standard InChI is InChI=1S/C15H25N3O/c1-11-9-12(2)17-14(13(11)10-16)18-7-4-5-15(3,19)6-8-18/h9,19H,4-8,10,16H2,1-3H3. The van der Waals surface area contributed by atoms with E-state index in [9.17, 15) is 5.11 Å². The minimum absolute atomic E-state index is 0.515. The summed E-state index contributed by atoms with van der Waals surface area (Å²) in [4.78, 5) is 6.96. The molecule has 0 spiro atoms. The van der Waals surface area contributed by atoms with Crippen LogP contribution in [0.15, 0.2) is 6.07 Å². The molecule has 0 aromatic carbocycles. The van der Waals surface area contributed by atoms with Crippen molar-refractivity contribution < 1.29 is 5.11 Å². The topological polar surface area (TPSA) is 62.4 Å². The van der Waals surface area contributed by atoms with E-state index in [1.165, 1.54) is 5.56 Å². The number of anilines is 1. The fourth-order valence-corrected chi connectivity index (χ4v) is 2.83. The third kappa shape index (κ3) is 3.25. The van der Waals surface area contributed by atoms with Gasteiger partial charge in [-0.05, 0) is 51.7 Å². The number of pyridine rings is 1. The van der Waals surface area contributed by atoms with Crippen molar-refractivity contribution in [2.24, 2.45) is 5.73 Å². The van der Waals surface area contributed by atoms with Crippen LogP contribution in [0.4, 0.5) is 5.82 Å². The van der Waals surface area contributed by atoms with Gasteiger partial charge in [-0.15, -0.1) is 0 Å². The van der Waals surface area contributed by atoms with Gasteiger partial charge in [-0.1, -0.05) is 0 Å². The van der Waals surface area contributed by atoms with Gasteiger partial charge >= 0.3 is 0 Å². The van der Waals surface area contributed by atoms with Crippen LogP contribution >= 0.6 is 0 Å². The molecule has 0 bridgehead atoms. The summed E-state index contributed by atoms with van der Waals surface area (Å²) < 4.78 is 0. The molecule has 2 rings (SSSR count). The molecule has 1 aliphatic rings. The molecule has 3 N–H and O–H groups in total. The molecule has 106 valence electrons. The molecule has 4 heteroatoms. The number of aryl methyl sites for hydroxylation is 2. The maximum Gasteiger partial charge on any atom is 0.133 e. The molecule has 1 aromatic rings. The van der Waals surface area contributed by atoms with Crippen molar-refractivity contribution in [3.63, 3.8) is 0 Å². The highest BCUT2D eigenvalue weighted by Gasteiger charge is 2.26. The maximum absolute atomic E-state index is 10.2. The Labute approximate surface area is 115 Å². The van der Waals surface area contributed by atoms with Crippen molar-refractivity contribution in [1.29, 1.82) is 0 Å². The number of hydrogen-bond acceptors (Lipinski definition) is 4. The average Bonchev–Trinajstić information content (AvgIpc) is 2.49. The van der Waals surface area contributed by atoms with E-state index in [0.717, 1.165) is 49.4 Å². The van der Waals surface area contributed by atoms with E-state index in [-0.39, 0.29) is 0 Å². The lowest BCUT2D eigenvalue weighted by atomic mass is 9.98. The van der Waals surface area contributed by atoms with Crippen molar-refractivity contribution in [3.8, 4) is 0 Å². The van der Waals surface area contributed by atoms with Crippen molar-refractivity contribution in [1.82, 2.24) is 4.98 Å². The average molecular weight is 263 g/mol. The lowest BCUT2D eigenvalue weighted by Gasteiger charge is -2.26. The van der Waals surface area contributed by atoms with Gasteiger partial charge in [-0.25, -0.2) is 4.98 Å². The number of rotatable bonds is 2. The first-order valence-corrected chi connectivity index (χ1v) is 7.07. The molecule has 1 atom stereocenters. The van der Waals surface area contributed by atoms with E-state index in [2.05, 4.69) is 22.9 Å². The zero-order valence-corrected chi connectivity index (χ0v) is 12.2. The Morgan fingerprint density at radius 1 is 1.37 bits per heavy atom. The number of hydrogen-bond donors (Lipinski definition) is 2. The van der Waals surface area contributed by atoms with Gasteiger partial charge in [0.1, 0.15) is 5.82 Å². The van der Waals surface area contributed by atoms with E-state index in [1.54, 1.807) is 0 Å². The van der Waals surface area contributed by atoms with Gasteiger partial charge in [-0.3, -0.25) is 0 Å². The summed E-state index contributed by atoms with van der Waals surface area (Å²) in [6, 6.07) is 2.08. The zero-order valence-electron chi connectivity index (χ0n) is 12.2. The molecule has 1 fully saturated rings. The Balaban J connectivity index is 2.31. The van der Waals surface area contributed by atoms with E-state index in [4.69, 9.17) is 5.73 Å². The van der Waals surface area contributed by atoms with E-state index >= 15 is 0 Å². The fraction of sp³-hybridized carbons (Fsp3) is 0.667. The van der Waals surface area contributed by atoms with E-state index in [0.29, 0.717) is 6.54 Å². The third-order valence-electron chi connectivity index (χ3n) is 4.02. The van der Waals surface area contributed by atoms with Crippen LogP contribution in [0.25, 0.3) is 0 Å². The van der Waals surface area contributed by atoms with Crippen LogP contribution in [0.5, 0.6) is 0 Å². The molecule has 0 saturated carbocycles. The van der Waals surface area contributed by atoms with Crippen LogP contribution in [-0.2, 0) is 6.54 Å². The smallest absolute Gasteiger partial charge is 0.133 e. The summed E-state index contributed by atoms with van der Waals surface area (Å²) in [5, 5.41) is 10.2. The Morgan fingerprint density at radius 2 is 2.11 bits per heavy atom. The Kier molecular flexibility index (Phi) is 4.11. The molecule has 1 unspecified atom stereocenters. The molecular weight excluding hydrogens is 238 g/mol. The Bertz CT molecular complexity index is 457. The van der Waals surface area contributed by atoms with Crippen molar-refractivity contribution in [2.45, 2.75) is 52.2 Å². The van der Waals surface area contributed by atoms with Crippen LogP contribution in [-0.4, -0.2) is 28.8 Å². The van der Waals surface area contributed by atoms with Crippen LogP contribution in [0.2, 0.25) is 0 Å². The first-order valence-electron chi connectivity index (χ1n) is 7.07. The molecule has 0 amide bonds. The monoisotopic (exact) mass is 263 g/mol. The summed E-state index contributed by atoms with van der Waals surface area (Å²) in [6.07, 6.45) is 2.63. The minimum atomic E-state index is -0.545. The number of nitrogens with two attached hydrogens (primary N) is 1. The summed E-state index contributed by atoms with van der Waals surface area (Å²) in [5.74, 6) is 1.01. The third-order valence-corrected chi connectivity index (χ3v) is 4.02. The second-order valence-electron chi connectivity index (χ2n) is 5.92. The maximum atomic E-state index is 10.2. The number of aliphatic hydroxyl groups is 1. The number of nitrogens with zero attached hydrogens (tertiary/aromatic N) is 2. The van der Waals surface area contributed by atoms with Crippen LogP contribution in [0.1, 0.15) is 43.0 Å². The van der Waals surface area contributed by atoms with Crippen molar-refractivity contribution in [3.05, 3.63) is 22.9 Å². The minimum Gasteiger partial charge on any atom is -0.390 e. The van der Waals surface area contributed by atoms with Gasteiger partial charge in [0.2, 0.25) is 0 Å².